The third-order valence-corrected chi connectivity index (χ3v) is 2.31. The molecule has 0 aromatic carbocycles. The summed E-state index contributed by atoms with van der Waals surface area (Å²) in [6, 6.07) is 1.83. The lowest BCUT2D eigenvalue weighted by molar-refractivity contribution is 0.334. The fraction of sp³-hybridized carbons (Fsp3) is 0.400. The maximum atomic E-state index is 5.18. The van der Waals surface area contributed by atoms with Crippen LogP contribution in [0.4, 0.5) is 0 Å². The zero-order valence-electron chi connectivity index (χ0n) is 9.21. The molecular weight excluding hydrogens is 206 g/mol. The summed E-state index contributed by atoms with van der Waals surface area (Å²) < 4.78 is 5.18. The van der Waals surface area contributed by atoms with E-state index < -0.39 is 0 Å². The van der Waals surface area contributed by atoms with E-state index in [0.29, 0.717) is 17.4 Å². The number of aromatic nitrogens is 4. The Hall–Kier alpha value is -1.82. The molecule has 6 heteroatoms. The van der Waals surface area contributed by atoms with Crippen molar-refractivity contribution in [2.75, 3.05) is 7.05 Å². The highest BCUT2D eigenvalue weighted by Gasteiger charge is 2.16. The summed E-state index contributed by atoms with van der Waals surface area (Å²) in [5.74, 6) is 1.07. The molecule has 0 aliphatic heterocycles. The SMILES string of the molecule is CCC(NC)c1nc(-c2ccncn2)no1. The number of nitrogens with one attached hydrogen (secondary N) is 1. The Morgan fingerprint density at radius 3 is 3.00 bits per heavy atom. The summed E-state index contributed by atoms with van der Waals surface area (Å²) >= 11 is 0. The topological polar surface area (TPSA) is 76.7 Å². The van der Waals surface area contributed by atoms with E-state index in [1.165, 1.54) is 6.33 Å². The van der Waals surface area contributed by atoms with E-state index in [1.54, 1.807) is 12.3 Å². The first-order valence-corrected chi connectivity index (χ1v) is 5.12. The van der Waals surface area contributed by atoms with Gasteiger partial charge in [-0.25, -0.2) is 9.97 Å². The van der Waals surface area contributed by atoms with Crippen molar-refractivity contribution in [2.45, 2.75) is 19.4 Å². The lowest BCUT2D eigenvalue weighted by atomic mass is 10.2. The van der Waals surface area contributed by atoms with Gasteiger partial charge < -0.3 is 9.84 Å². The zero-order chi connectivity index (χ0) is 11.4. The molecule has 0 saturated heterocycles. The summed E-state index contributed by atoms with van der Waals surface area (Å²) in [6.45, 7) is 2.05. The maximum absolute atomic E-state index is 5.18. The van der Waals surface area contributed by atoms with E-state index in [-0.39, 0.29) is 6.04 Å². The predicted octanol–water partition coefficient (Wildman–Crippen LogP) is 1.20. The quantitative estimate of drug-likeness (QED) is 0.832. The smallest absolute Gasteiger partial charge is 0.244 e. The van der Waals surface area contributed by atoms with Crippen molar-refractivity contribution in [3.8, 4) is 11.5 Å². The number of rotatable bonds is 4. The molecule has 2 aromatic heterocycles. The molecular formula is C10H13N5O. The van der Waals surface area contributed by atoms with Crippen LogP contribution in [-0.2, 0) is 0 Å². The van der Waals surface area contributed by atoms with Crippen molar-refractivity contribution >= 4 is 0 Å². The van der Waals surface area contributed by atoms with Crippen molar-refractivity contribution in [1.29, 1.82) is 0 Å². The van der Waals surface area contributed by atoms with Gasteiger partial charge in [0.1, 0.15) is 12.0 Å². The molecule has 1 atom stereocenters. The number of nitrogens with zero attached hydrogens (tertiary/aromatic N) is 4. The van der Waals surface area contributed by atoms with Crippen LogP contribution >= 0.6 is 0 Å². The van der Waals surface area contributed by atoms with Crippen molar-refractivity contribution in [3.63, 3.8) is 0 Å². The minimum atomic E-state index is 0.0862. The molecule has 2 heterocycles. The predicted molar refractivity (Wildman–Crippen MR) is 57.4 cm³/mol. The first kappa shape index (κ1) is 10.7. The van der Waals surface area contributed by atoms with Gasteiger partial charge in [-0.3, -0.25) is 0 Å². The summed E-state index contributed by atoms with van der Waals surface area (Å²) in [5, 5.41) is 6.99. The Morgan fingerprint density at radius 1 is 1.50 bits per heavy atom. The second-order valence-electron chi connectivity index (χ2n) is 3.30. The van der Waals surface area contributed by atoms with Crippen LogP contribution in [0.2, 0.25) is 0 Å². The third kappa shape index (κ3) is 2.06. The van der Waals surface area contributed by atoms with Gasteiger partial charge in [0.2, 0.25) is 11.7 Å². The summed E-state index contributed by atoms with van der Waals surface area (Å²) in [5.41, 5.74) is 0.663. The Morgan fingerprint density at radius 2 is 2.38 bits per heavy atom. The van der Waals surface area contributed by atoms with E-state index in [1.807, 2.05) is 7.05 Å². The second-order valence-corrected chi connectivity index (χ2v) is 3.30. The lowest BCUT2D eigenvalue weighted by Crippen LogP contribution is -2.15. The number of hydrogen-bond donors (Lipinski definition) is 1. The first-order valence-electron chi connectivity index (χ1n) is 5.12. The van der Waals surface area contributed by atoms with Crippen LogP contribution in [0.3, 0.4) is 0 Å². The highest BCUT2D eigenvalue weighted by molar-refractivity contribution is 5.46. The van der Waals surface area contributed by atoms with Gasteiger partial charge in [0.15, 0.2) is 0 Å². The van der Waals surface area contributed by atoms with Crippen LogP contribution in [0.1, 0.15) is 25.3 Å². The molecule has 0 aliphatic carbocycles. The van der Waals surface area contributed by atoms with Gasteiger partial charge in [0.25, 0.3) is 0 Å². The van der Waals surface area contributed by atoms with Gasteiger partial charge in [-0.05, 0) is 19.5 Å². The molecule has 0 spiro atoms. The molecule has 1 unspecified atom stereocenters. The molecule has 0 bridgehead atoms. The van der Waals surface area contributed by atoms with Crippen LogP contribution in [0.25, 0.3) is 11.5 Å². The lowest BCUT2D eigenvalue weighted by Gasteiger charge is -2.06. The summed E-state index contributed by atoms with van der Waals surface area (Å²) in [6.07, 6.45) is 4.00. The molecule has 16 heavy (non-hydrogen) atoms. The Bertz CT molecular complexity index is 437. The van der Waals surface area contributed by atoms with E-state index in [0.717, 1.165) is 6.42 Å². The Labute approximate surface area is 93.1 Å². The maximum Gasteiger partial charge on any atom is 0.244 e. The monoisotopic (exact) mass is 219 g/mol. The second kappa shape index (κ2) is 4.80. The molecule has 6 nitrogen and oxygen atoms in total. The Kier molecular flexibility index (Phi) is 3.21. The third-order valence-electron chi connectivity index (χ3n) is 2.31. The van der Waals surface area contributed by atoms with Crippen LogP contribution < -0.4 is 5.32 Å². The molecule has 2 rings (SSSR count). The molecule has 1 N–H and O–H groups in total. The van der Waals surface area contributed by atoms with Crippen LogP contribution in [0, 0.1) is 0 Å². The summed E-state index contributed by atoms with van der Waals surface area (Å²) in [7, 11) is 1.86. The molecule has 2 aromatic rings. The highest BCUT2D eigenvalue weighted by atomic mass is 16.5. The average Bonchev–Trinajstić information content (AvgIpc) is 2.81. The van der Waals surface area contributed by atoms with Crippen LogP contribution in [0.15, 0.2) is 23.1 Å². The van der Waals surface area contributed by atoms with Gasteiger partial charge in [0.05, 0.1) is 6.04 Å². The van der Waals surface area contributed by atoms with Gasteiger partial charge in [0, 0.05) is 6.20 Å². The molecule has 0 fully saturated rings. The molecule has 0 amide bonds. The molecule has 0 aliphatic rings. The van der Waals surface area contributed by atoms with Crippen molar-refractivity contribution < 1.29 is 4.52 Å². The highest BCUT2D eigenvalue weighted by Crippen LogP contribution is 2.17. The molecule has 84 valence electrons. The van der Waals surface area contributed by atoms with E-state index in [4.69, 9.17) is 4.52 Å². The van der Waals surface area contributed by atoms with Gasteiger partial charge in [-0.15, -0.1) is 0 Å². The minimum Gasteiger partial charge on any atom is -0.337 e. The van der Waals surface area contributed by atoms with E-state index in [9.17, 15) is 0 Å². The van der Waals surface area contributed by atoms with Gasteiger partial charge in [-0.2, -0.15) is 4.98 Å². The summed E-state index contributed by atoms with van der Waals surface area (Å²) in [4.78, 5) is 12.2. The zero-order valence-corrected chi connectivity index (χ0v) is 9.21. The first-order chi connectivity index (χ1) is 7.85. The number of hydrogen-bond acceptors (Lipinski definition) is 6. The standard InChI is InChI=1S/C10H13N5O/c1-3-7(11-2)10-14-9(15-16-10)8-4-5-12-6-13-8/h4-7,11H,3H2,1-2H3. The molecule has 0 radical (unpaired) electrons. The van der Waals surface area contributed by atoms with E-state index >= 15 is 0 Å². The van der Waals surface area contributed by atoms with E-state index in [2.05, 4.69) is 32.3 Å². The van der Waals surface area contributed by atoms with Crippen molar-refractivity contribution in [1.82, 2.24) is 25.4 Å². The van der Waals surface area contributed by atoms with Crippen molar-refractivity contribution in [2.24, 2.45) is 0 Å². The van der Waals surface area contributed by atoms with Crippen LogP contribution in [0.5, 0.6) is 0 Å². The largest absolute Gasteiger partial charge is 0.337 e. The minimum absolute atomic E-state index is 0.0862. The van der Waals surface area contributed by atoms with Gasteiger partial charge >= 0.3 is 0 Å². The molecule has 0 saturated carbocycles. The fourth-order valence-electron chi connectivity index (χ4n) is 1.41. The van der Waals surface area contributed by atoms with Crippen molar-refractivity contribution in [3.05, 3.63) is 24.5 Å². The van der Waals surface area contributed by atoms with Gasteiger partial charge in [-0.1, -0.05) is 12.1 Å². The fourth-order valence-corrected chi connectivity index (χ4v) is 1.41. The normalized spacial score (nSPS) is 12.6. The van der Waals surface area contributed by atoms with Crippen LogP contribution in [-0.4, -0.2) is 27.2 Å². The Balaban J connectivity index is 2.26. The average molecular weight is 219 g/mol.